The Hall–Kier alpha value is -2.29. The third kappa shape index (κ3) is 5.24. The molecule has 0 aliphatic carbocycles. The highest BCUT2D eigenvalue weighted by Gasteiger charge is 2.08. The third-order valence-electron chi connectivity index (χ3n) is 3.21. The quantitative estimate of drug-likeness (QED) is 0.712. The fourth-order valence-corrected chi connectivity index (χ4v) is 2.06. The van der Waals surface area contributed by atoms with Gasteiger partial charge in [-0.25, -0.2) is 0 Å². The Labute approximate surface area is 130 Å². The van der Waals surface area contributed by atoms with Gasteiger partial charge in [-0.1, -0.05) is 6.07 Å². The van der Waals surface area contributed by atoms with Crippen molar-refractivity contribution in [3.05, 3.63) is 54.0 Å². The molecular formula is C17H20N2O3. The van der Waals surface area contributed by atoms with Gasteiger partial charge in [-0.2, -0.15) is 5.26 Å². The summed E-state index contributed by atoms with van der Waals surface area (Å²) in [7, 11) is 1.69. The van der Waals surface area contributed by atoms with Crippen LogP contribution in [0.1, 0.15) is 11.3 Å². The third-order valence-corrected chi connectivity index (χ3v) is 3.21. The van der Waals surface area contributed by atoms with Gasteiger partial charge in [0, 0.05) is 20.2 Å². The fourth-order valence-electron chi connectivity index (χ4n) is 2.06. The molecule has 0 atom stereocenters. The van der Waals surface area contributed by atoms with E-state index in [0.29, 0.717) is 24.5 Å². The molecule has 0 unspecified atom stereocenters. The minimum Gasteiger partial charge on any atom is -0.492 e. The molecule has 0 saturated carbocycles. The van der Waals surface area contributed by atoms with E-state index >= 15 is 0 Å². The van der Waals surface area contributed by atoms with Crippen molar-refractivity contribution in [1.29, 1.82) is 5.26 Å². The molecule has 2 aromatic rings. The predicted molar refractivity (Wildman–Crippen MR) is 82.5 cm³/mol. The van der Waals surface area contributed by atoms with Gasteiger partial charge < -0.3 is 13.9 Å². The molecule has 0 amide bonds. The molecule has 0 N–H and O–H groups in total. The molecule has 0 aliphatic rings. The highest BCUT2D eigenvalue weighted by atomic mass is 16.5. The molecule has 116 valence electrons. The van der Waals surface area contributed by atoms with Gasteiger partial charge in [0.25, 0.3) is 0 Å². The van der Waals surface area contributed by atoms with Crippen LogP contribution >= 0.6 is 0 Å². The first-order valence-corrected chi connectivity index (χ1v) is 7.18. The number of rotatable bonds is 9. The lowest BCUT2D eigenvalue weighted by atomic mass is 10.2. The molecule has 22 heavy (non-hydrogen) atoms. The zero-order valence-corrected chi connectivity index (χ0v) is 12.7. The van der Waals surface area contributed by atoms with E-state index in [-0.39, 0.29) is 0 Å². The molecule has 5 heteroatoms. The monoisotopic (exact) mass is 300 g/mol. The largest absolute Gasteiger partial charge is 0.492 e. The molecule has 0 spiro atoms. The maximum atomic E-state index is 8.88. The zero-order valence-electron chi connectivity index (χ0n) is 12.7. The Balaban J connectivity index is 1.83. The second kappa shape index (κ2) is 8.88. The van der Waals surface area contributed by atoms with Gasteiger partial charge >= 0.3 is 0 Å². The van der Waals surface area contributed by atoms with Crippen LogP contribution in [-0.2, 0) is 11.3 Å². The Morgan fingerprint density at radius 2 is 2.05 bits per heavy atom. The van der Waals surface area contributed by atoms with Crippen LogP contribution in [0.3, 0.4) is 0 Å². The van der Waals surface area contributed by atoms with Crippen LogP contribution in [0.2, 0.25) is 0 Å². The molecule has 0 saturated heterocycles. The van der Waals surface area contributed by atoms with Crippen LogP contribution in [0, 0.1) is 11.3 Å². The van der Waals surface area contributed by atoms with Crippen LogP contribution in [0.15, 0.2) is 47.1 Å². The van der Waals surface area contributed by atoms with Gasteiger partial charge in [0.2, 0.25) is 0 Å². The summed E-state index contributed by atoms with van der Waals surface area (Å²) in [4.78, 5) is 2.20. The number of hydrogen-bond acceptors (Lipinski definition) is 5. The molecule has 0 aliphatic heterocycles. The van der Waals surface area contributed by atoms with Crippen molar-refractivity contribution in [3.8, 4) is 11.8 Å². The summed E-state index contributed by atoms with van der Waals surface area (Å²) < 4.78 is 16.2. The van der Waals surface area contributed by atoms with Crippen molar-refractivity contribution in [2.24, 2.45) is 0 Å². The normalized spacial score (nSPS) is 10.6. The Morgan fingerprint density at radius 1 is 1.18 bits per heavy atom. The smallest absolute Gasteiger partial charge is 0.120 e. The molecule has 5 nitrogen and oxygen atoms in total. The van der Waals surface area contributed by atoms with E-state index in [1.54, 1.807) is 25.5 Å². The first-order chi connectivity index (χ1) is 10.8. The van der Waals surface area contributed by atoms with E-state index in [0.717, 1.165) is 25.4 Å². The van der Waals surface area contributed by atoms with Gasteiger partial charge in [-0.3, -0.25) is 4.90 Å². The highest BCUT2D eigenvalue weighted by molar-refractivity contribution is 5.36. The van der Waals surface area contributed by atoms with Crippen molar-refractivity contribution in [2.45, 2.75) is 6.54 Å². The van der Waals surface area contributed by atoms with Gasteiger partial charge in [-0.15, -0.1) is 0 Å². The van der Waals surface area contributed by atoms with E-state index in [1.807, 2.05) is 24.3 Å². The first-order valence-electron chi connectivity index (χ1n) is 7.18. The summed E-state index contributed by atoms with van der Waals surface area (Å²) in [6, 6.07) is 13.1. The molecule has 0 radical (unpaired) electrons. The molecule has 0 fully saturated rings. The second-order valence-electron chi connectivity index (χ2n) is 4.84. The lowest BCUT2D eigenvalue weighted by molar-refractivity contribution is 0.126. The summed E-state index contributed by atoms with van der Waals surface area (Å²) in [5.74, 6) is 1.63. The van der Waals surface area contributed by atoms with Gasteiger partial charge in [-0.05, 0) is 30.3 Å². The van der Waals surface area contributed by atoms with Crippen LogP contribution < -0.4 is 4.74 Å². The molecule has 1 heterocycles. The van der Waals surface area contributed by atoms with Crippen LogP contribution in [0.4, 0.5) is 0 Å². The standard InChI is InChI=1S/C17H20N2O3/c1-20-10-7-19(14-17-6-3-9-21-17)8-11-22-16-5-2-4-15(12-16)13-18/h2-6,9,12H,7-8,10-11,14H2,1H3. The number of furan rings is 1. The van der Waals surface area contributed by atoms with E-state index in [1.165, 1.54) is 0 Å². The Kier molecular flexibility index (Phi) is 6.49. The average Bonchev–Trinajstić information content (AvgIpc) is 3.05. The predicted octanol–water partition coefficient (Wildman–Crippen LogP) is 2.68. The van der Waals surface area contributed by atoms with Crippen molar-refractivity contribution >= 4 is 0 Å². The summed E-state index contributed by atoms with van der Waals surface area (Å²) in [6.07, 6.45) is 1.67. The van der Waals surface area contributed by atoms with E-state index in [9.17, 15) is 0 Å². The lowest BCUT2D eigenvalue weighted by Crippen LogP contribution is -2.31. The fraction of sp³-hybridized carbons (Fsp3) is 0.353. The molecule has 1 aromatic heterocycles. The molecule has 2 rings (SSSR count). The van der Waals surface area contributed by atoms with Gasteiger partial charge in [0.15, 0.2) is 0 Å². The highest BCUT2D eigenvalue weighted by Crippen LogP contribution is 2.12. The molecule has 1 aromatic carbocycles. The summed E-state index contributed by atoms with van der Waals surface area (Å²) in [6.45, 7) is 3.47. The van der Waals surface area contributed by atoms with Crippen LogP contribution in [0.25, 0.3) is 0 Å². The van der Waals surface area contributed by atoms with Crippen molar-refractivity contribution < 1.29 is 13.9 Å². The lowest BCUT2D eigenvalue weighted by Gasteiger charge is -2.20. The van der Waals surface area contributed by atoms with E-state index in [2.05, 4.69) is 11.0 Å². The van der Waals surface area contributed by atoms with Gasteiger partial charge in [0.05, 0.1) is 31.0 Å². The number of ether oxygens (including phenoxy) is 2. The van der Waals surface area contributed by atoms with E-state index < -0.39 is 0 Å². The number of hydrogen-bond donors (Lipinski definition) is 0. The topological polar surface area (TPSA) is 58.6 Å². The average molecular weight is 300 g/mol. The van der Waals surface area contributed by atoms with Crippen molar-refractivity contribution in [3.63, 3.8) is 0 Å². The SMILES string of the molecule is COCCN(CCOc1cccc(C#N)c1)Cc1ccco1. The minimum atomic E-state index is 0.541. The number of benzene rings is 1. The van der Waals surface area contributed by atoms with Crippen molar-refractivity contribution in [2.75, 3.05) is 33.4 Å². The first kappa shape index (κ1) is 16.1. The number of methoxy groups -OCH3 is 1. The summed E-state index contributed by atoms with van der Waals surface area (Å²) in [5, 5.41) is 8.88. The minimum absolute atomic E-state index is 0.541. The number of nitrogens with zero attached hydrogens (tertiary/aromatic N) is 2. The molecule has 0 bridgehead atoms. The van der Waals surface area contributed by atoms with Gasteiger partial charge in [0.1, 0.15) is 18.1 Å². The maximum Gasteiger partial charge on any atom is 0.120 e. The van der Waals surface area contributed by atoms with Crippen molar-refractivity contribution in [1.82, 2.24) is 4.90 Å². The number of nitriles is 1. The second-order valence-corrected chi connectivity index (χ2v) is 4.84. The Bertz CT molecular complexity index is 590. The van der Waals surface area contributed by atoms with Crippen LogP contribution in [0.5, 0.6) is 5.75 Å². The summed E-state index contributed by atoms with van der Waals surface area (Å²) in [5.41, 5.74) is 0.601. The maximum absolute atomic E-state index is 8.88. The van der Waals surface area contributed by atoms with E-state index in [4.69, 9.17) is 19.2 Å². The van der Waals surface area contributed by atoms with Crippen LogP contribution in [-0.4, -0.2) is 38.3 Å². The Morgan fingerprint density at radius 3 is 2.77 bits per heavy atom. The summed E-state index contributed by atoms with van der Waals surface area (Å²) >= 11 is 0. The zero-order chi connectivity index (χ0) is 15.6. The molecular weight excluding hydrogens is 280 g/mol.